The first kappa shape index (κ1) is 11.5. The Morgan fingerprint density at radius 2 is 2.00 bits per heavy atom. The van der Waals surface area contributed by atoms with Crippen LogP contribution in [0.1, 0.15) is 0 Å². The molecule has 0 amide bonds. The summed E-state index contributed by atoms with van der Waals surface area (Å²) in [4.78, 5) is 11.9. The van der Waals surface area contributed by atoms with Crippen molar-refractivity contribution in [1.82, 2.24) is 14.8 Å². The number of aromatic amines is 1. The minimum Gasteiger partial charge on any atom is -0.497 e. The first-order chi connectivity index (χ1) is 9.20. The van der Waals surface area contributed by atoms with Crippen molar-refractivity contribution < 1.29 is 4.74 Å². The summed E-state index contributed by atoms with van der Waals surface area (Å²) >= 11 is 0. The first-order valence-corrected chi connectivity index (χ1v) is 5.88. The molecule has 96 valence electrons. The monoisotopic (exact) mass is 255 g/mol. The van der Waals surface area contributed by atoms with E-state index in [1.54, 1.807) is 24.9 Å². The van der Waals surface area contributed by atoms with Gasteiger partial charge in [-0.3, -0.25) is 9.89 Å². The zero-order chi connectivity index (χ0) is 13.4. The van der Waals surface area contributed by atoms with E-state index in [0.717, 1.165) is 22.3 Å². The summed E-state index contributed by atoms with van der Waals surface area (Å²) in [7, 11) is 3.37. The van der Waals surface area contributed by atoms with E-state index >= 15 is 0 Å². The van der Waals surface area contributed by atoms with Crippen molar-refractivity contribution in [3.05, 3.63) is 47.0 Å². The van der Waals surface area contributed by atoms with Gasteiger partial charge in [0.25, 0.3) is 5.56 Å². The van der Waals surface area contributed by atoms with E-state index in [1.165, 1.54) is 0 Å². The second kappa shape index (κ2) is 4.28. The fourth-order valence-corrected chi connectivity index (χ4v) is 2.15. The van der Waals surface area contributed by atoms with Crippen LogP contribution in [0.3, 0.4) is 0 Å². The molecule has 1 N–H and O–H groups in total. The minimum absolute atomic E-state index is 0.0789. The number of rotatable bonds is 2. The summed E-state index contributed by atoms with van der Waals surface area (Å²) in [5, 5.41) is 7.54. The van der Waals surface area contributed by atoms with Gasteiger partial charge < -0.3 is 9.30 Å². The highest BCUT2D eigenvalue weighted by atomic mass is 16.5. The van der Waals surface area contributed by atoms with E-state index in [-0.39, 0.29) is 5.56 Å². The molecule has 3 rings (SSSR count). The van der Waals surface area contributed by atoms with Gasteiger partial charge in [-0.25, -0.2) is 0 Å². The van der Waals surface area contributed by atoms with E-state index < -0.39 is 0 Å². The largest absolute Gasteiger partial charge is 0.497 e. The lowest BCUT2D eigenvalue weighted by atomic mass is 10.0. The molecule has 5 heteroatoms. The molecule has 2 heterocycles. The normalized spacial score (nSPS) is 10.8. The zero-order valence-corrected chi connectivity index (χ0v) is 10.7. The predicted molar refractivity (Wildman–Crippen MR) is 73.3 cm³/mol. The van der Waals surface area contributed by atoms with E-state index in [9.17, 15) is 4.79 Å². The summed E-state index contributed by atoms with van der Waals surface area (Å²) in [5.41, 5.74) is 2.43. The quantitative estimate of drug-likeness (QED) is 0.761. The molecule has 0 aliphatic heterocycles. The molecule has 0 fully saturated rings. The lowest BCUT2D eigenvalue weighted by molar-refractivity contribution is 0.415. The van der Waals surface area contributed by atoms with Gasteiger partial charge in [0, 0.05) is 24.2 Å². The van der Waals surface area contributed by atoms with Crippen LogP contribution in [-0.4, -0.2) is 21.9 Å². The minimum atomic E-state index is -0.0789. The van der Waals surface area contributed by atoms with Crippen LogP contribution in [0.25, 0.3) is 22.0 Å². The lowest BCUT2D eigenvalue weighted by Gasteiger charge is -2.07. The number of methoxy groups -OCH3 is 1. The molecule has 0 atom stereocenters. The van der Waals surface area contributed by atoms with Gasteiger partial charge >= 0.3 is 0 Å². The van der Waals surface area contributed by atoms with Gasteiger partial charge in [-0.15, -0.1) is 0 Å². The maximum Gasteiger partial charge on any atom is 0.276 e. The molecule has 0 saturated heterocycles. The van der Waals surface area contributed by atoms with Crippen molar-refractivity contribution in [1.29, 1.82) is 0 Å². The third-order valence-corrected chi connectivity index (χ3v) is 3.19. The second-order valence-electron chi connectivity index (χ2n) is 4.35. The number of nitrogens with zero attached hydrogens (tertiary/aromatic N) is 2. The van der Waals surface area contributed by atoms with Crippen LogP contribution in [0.4, 0.5) is 0 Å². The maximum atomic E-state index is 11.9. The third-order valence-electron chi connectivity index (χ3n) is 3.19. The van der Waals surface area contributed by atoms with Crippen LogP contribution in [0.15, 0.2) is 41.5 Å². The van der Waals surface area contributed by atoms with Crippen LogP contribution in [-0.2, 0) is 7.05 Å². The smallest absolute Gasteiger partial charge is 0.276 e. The van der Waals surface area contributed by atoms with Crippen LogP contribution >= 0.6 is 0 Å². The molecular weight excluding hydrogens is 242 g/mol. The lowest BCUT2D eigenvalue weighted by Crippen LogP contribution is -2.16. The Labute approximate surface area is 109 Å². The number of hydrogen-bond donors (Lipinski definition) is 1. The Bertz CT molecular complexity index is 785. The predicted octanol–water partition coefficient (Wildman–Crippen LogP) is 1.94. The molecule has 0 unspecified atom stereocenters. The second-order valence-corrected chi connectivity index (χ2v) is 4.35. The summed E-state index contributed by atoms with van der Waals surface area (Å²) in [6.07, 6.45) is 3.50. The van der Waals surface area contributed by atoms with Crippen molar-refractivity contribution in [3.63, 3.8) is 0 Å². The van der Waals surface area contributed by atoms with Crippen molar-refractivity contribution in [2.75, 3.05) is 7.11 Å². The summed E-state index contributed by atoms with van der Waals surface area (Å²) in [6, 6.07) is 7.72. The van der Waals surface area contributed by atoms with E-state index in [1.807, 2.05) is 30.5 Å². The molecule has 0 aliphatic carbocycles. The van der Waals surface area contributed by atoms with Crippen LogP contribution in [0, 0.1) is 0 Å². The number of ether oxygens (including phenoxy) is 1. The molecule has 0 saturated carbocycles. The Balaban J connectivity index is 2.26. The van der Waals surface area contributed by atoms with Gasteiger partial charge in [0.05, 0.1) is 13.3 Å². The molecule has 1 aromatic carbocycles. The Kier molecular flexibility index (Phi) is 2.59. The van der Waals surface area contributed by atoms with E-state index in [2.05, 4.69) is 10.2 Å². The fourth-order valence-electron chi connectivity index (χ4n) is 2.15. The Morgan fingerprint density at radius 1 is 1.26 bits per heavy atom. The van der Waals surface area contributed by atoms with E-state index in [4.69, 9.17) is 4.74 Å². The van der Waals surface area contributed by atoms with Crippen molar-refractivity contribution in [2.24, 2.45) is 7.05 Å². The number of benzene rings is 1. The molecule has 5 nitrogen and oxygen atoms in total. The average Bonchev–Trinajstić information content (AvgIpc) is 2.93. The molecule has 19 heavy (non-hydrogen) atoms. The number of H-pyrrole nitrogens is 1. The Morgan fingerprint density at radius 3 is 2.68 bits per heavy atom. The standard InChI is InChI=1S/C14H13N3O2/c1-17-8-12(9-3-5-10(19-2)6-4-9)11-7-15-16-13(11)14(17)18/h3-8H,1-2H3,(H,15,16). The average molecular weight is 255 g/mol. The van der Waals surface area contributed by atoms with Gasteiger partial charge in [0.2, 0.25) is 0 Å². The molecule has 0 radical (unpaired) electrons. The number of aryl methyl sites for hydroxylation is 1. The van der Waals surface area contributed by atoms with Crippen molar-refractivity contribution >= 4 is 10.9 Å². The first-order valence-electron chi connectivity index (χ1n) is 5.88. The van der Waals surface area contributed by atoms with Gasteiger partial charge in [0.15, 0.2) is 0 Å². The van der Waals surface area contributed by atoms with Gasteiger partial charge in [-0.2, -0.15) is 5.10 Å². The SMILES string of the molecule is COc1ccc(-c2cn(C)c(=O)c3[nH]ncc23)cc1. The maximum absolute atomic E-state index is 11.9. The highest BCUT2D eigenvalue weighted by molar-refractivity contribution is 5.93. The number of pyridine rings is 1. The van der Waals surface area contributed by atoms with Crippen LogP contribution in [0.2, 0.25) is 0 Å². The molecular formula is C14H13N3O2. The van der Waals surface area contributed by atoms with Gasteiger partial charge in [0.1, 0.15) is 11.3 Å². The fraction of sp³-hybridized carbons (Fsp3) is 0.143. The van der Waals surface area contributed by atoms with Crippen molar-refractivity contribution in [2.45, 2.75) is 0 Å². The number of aromatic nitrogens is 3. The van der Waals surface area contributed by atoms with Crippen molar-refractivity contribution in [3.8, 4) is 16.9 Å². The number of hydrogen-bond acceptors (Lipinski definition) is 3. The molecule has 0 aliphatic rings. The van der Waals surface area contributed by atoms with Crippen LogP contribution < -0.4 is 10.3 Å². The molecule has 3 aromatic rings. The highest BCUT2D eigenvalue weighted by Crippen LogP contribution is 2.27. The number of nitrogens with one attached hydrogen (secondary N) is 1. The molecule has 2 aromatic heterocycles. The Hall–Kier alpha value is -2.56. The summed E-state index contributed by atoms with van der Waals surface area (Å²) in [5.74, 6) is 0.803. The molecule has 0 bridgehead atoms. The summed E-state index contributed by atoms with van der Waals surface area (Å²) < 4.78 is 6.70. The highest BCUT2D eigenvalue weighted by Gasteiger charge is 2.10. The summed E-state index contributed by atoms with van der Waals surface area (Å²) in [6.45, 7) is 0. The third kappa shape index (κ3) is 1.79. The molecule has 0 spiro atoms. The zero-order valence-electron chi connectivity index (χ0n) is 10.7. The van der Waals surface area contributed by atoms with Gasteiger partial charge in [-0.1, -0.05) is 12.1 Å². The van der Waals surface area contributed by atoms with E-state index in [0.29, 0.717) is 5.52 Å². The topological polar surface area (TPSA) is 59.9 Å². The number of fused-ring (bicyclic) bond motifs is 1. The van der Waals surface area contributed by atoms with Gasteiger partial charge in [-0.05, 0) is 17.7 Å². The van der Waals surface area contributed by atoms with Crippen LogP contribution in [0.5, 0.6) is 5.75 Å².